The van der Waals surface area contributed by atoms with Crippen LogP contribution in [0.5, 0.6) is 0 Å². The summed E-state index contributed by atoms with van der Waals surface area (Å²) in [6, 6.07) is 15.0. The molecule has 0 fully saturated rings. The predicted octanol–water partition coefficient (Wildman–Crippen LogP) is 2.37. The monoisotopic (exact) mass is 401 g/mol. The molecule has 8 heteroatoms. The van der Waals surface area contributed by atoms with E-state index in [0.717, 1.165) is 23.5 Å². The van der Waals surface area contributed by atoms with Crippen LogP contribution in [0.3, 0.4) is 0 Å². The van der Waals surface area contributed by atoms with E-state index in [1.807, 2.05) is 30.3 Å². The number of carbonyl (C=O) groups is 2. The SMILES string of the molecule is CN(O)C(=O)[C@H](O)[C@H](Cc1ccccc1)NC(=O)c1cc2cc(Cl)ccc2[nH]1. The molecule has 4 N–H and O–H groups in total. The topological polar surface area (TPSA) is 106 Å². The van der Waals surface area contributed by atoms with Crippen molar-refractivity contribution in [3.8, 4) is 0 Å². The zero-order valence-corrected chi connectivity index (χ0v) is 15.8. The average molecular weight is 402 g/mol. The highest BCUT2D eigenvalue weighted by Gasteiger charge is 2.30. The Morgan fingerprint density at radius 1 is 1.18 bits per heavy atom. The number of nitrogens with one attached hydrogen (secondary N) is 2. The molecule has 3 rings (SSSR count). The van der Waals surface area contributed by atoms with E-state index in [1.165, 1.54) is 0 Å². The van der Waals surface area contributed by atoms with Gasteiger partial charge in [-0.25, -0.2) is 5.06 Å². The van der Waals surface area contributed by atoms with Gasteiger partial charge in [-0.2, -0.15) is 0 Å². The lowest BCUT2D eigenvalue weighted by Gasteiger charge is -2.24. The van der Waals surface area contributed by atoms with Crippen molar-refractivity contribution in [2.24, 2.45) is 0 Å². The predicted molar refractivity (Wildman–Crippen MR) is 105 cm³/mol. The van der Waals surface area contributed by atoms with Crippen molar-refractivity contribution in [2.45, 2.75) is 18.6 Å². The number of aromatic amines is 1. The third-order valence-corrected chi connectivity index (χ3v) is 4.63. The van der Waals surface area contributed by atoms with Gasteiger partial charge in [0.15, 0.2) is 6.10 Å². The van der Waals surface area contributed by atoms with Gasteiger partial charge in [-0.1, -0.05) is 41.9 Å². The average Bonchev–Trinajstić information content (AvgIpc) is 3.10. The Morgan fingerprint density at radius 2 is 1.89 bits per heavy atom. The summed E-state index contributed by atoms with van der Waals surface area (Å²) in [5.74, 6) is -1.40. The maximum Gasteiger partial charge on any atom is 0.276 e. The first-order chi connectivity index (χ1) is 13.3. The van der Waals surface area contributed by atoms with Crippen molar-refractivity contribution in [3.05, 3.63) is 70.9 Å². The van der Waals surface area contributed by atoms with Gasteiger partial charge < -0.3 is 15.4 Å². The summed E-state index contributed by atoms with van der Waals surface area (Å²) in [5, 5.41) is 24.1. The Hall–Kier alpha value is -2.87. The molecule has 0 aliphatic carbocycles. The lowest BCUT2D eigenvalue weighted by atomic mass is 10.0. The molecule has 0 aliphatic rings. The van der Waals surface area contributed by atoms with Crippen LogP contribution >= 0.6 is 11.6 Å². The van der Waals surface area contributed by atoms with Crippen LogP contribution in [0, 0.1) is 0 Å². The van der Waals surface area contributed by atoms with Crippen molar-refractivity contribution < 1.29 is 19.9 Å². The fourth-order valence-electron chi connectivity index (χ4n) is 2.95. The molecular formula is C20H20ClN3O4. The molecule has 146 valence electrons. The summed E-state index contributed by atoms with van der Waals surface area (Å²) in [6.45, 7) is 0. The molecular weight excluding hydrogens is 382 g/mol. The number of hydrogen-bond acceptors (Lipinski definition) is 4. The van der Waals surface area contributed by atoms with Gasteiger partial charge in [-0.15, -0.1) is 0 Å². The smallest absolute Gasteiger partial charge is 0.276 e. The van der Waals surface area contributed by atoms with Crippen molar-refractivity contribution in [1.29, 1.82) is 0 Å². The standard InChI is InChI=1S/C20H20ClN3O4/c1-24(28)20(27)18(25)16(9-12-5-3-2-4-6-12)23-19(26)17-11-13-10-14(21)7-8-15(13)22-17/h2-8,10-11,16,18,22,25,28H,9H2,1H3,(H,23,26)/t16-,18+/m0/s1. The number of aromatic nitrogens is 1. The Kier molecular flexibility index (Phi) is 5.99. The number of carbonyl (C=O) groups excluding carboxylic acids is 2. The number of hydroxylamine groups is 2. The number of likely N-dealkylation sites (N-methyl/N-ethyl adjacent to an activating group) is 1. The third-order valence-electron chi connectivity index (χ3n) is 4.40. The first-order valence-corrected chi connectivity index (χ1v) is 9.00. The number of aliphatic hydroxyl groups excluding tert-OH is 1. The highest BCUT2D eigenvalue weighted by Crippen LogP contribution is 2.20. The summed E-state index contributed by atoms with van der Waals surface area (Å²) in [4.78, 5) is 27.7. The molecule has 0 spiro atoms. The van der Waals surface area contributed by atoms with E-state index in [2.05, 4.69) is 10.3 Å². The molecule has 0 saturated heterocycles. The summed E-state index contributed by atoms with van der Waals surface area (Å²) in [7, 11) is 1.12. The van der Waals surface area contributed by atoms with Crippen LogP contribution in [0.4, 0.5) is 0 Å². The maximum absolute atomic E-state index is 12.7. The number of hydrogen-bond donors (Lipinski definition) is 4. The van der Waals surface area contributed by atoms with E-state index < -0.39 is 24.0 Å². The summed E-state index contributed by atoms with van der Waals surface area (Å²) >= 11 is 5.97. The van der Waals surface area contributed by atoms with E-state index in [4.69, 9.17) is 11.6 Å². The van der Waals surface area contributed by atoms with E-state index >= 15 is 0 Å². The molecule has 2 aromatic carbocycles. The zero-order valence-electron chi connectivity index (χ0n) is 15.1. The molecule has 1 heterocycles. The zero-order chi connectivity index (χ0) is 20.3. The Labute approximate surface area is 166 Å². The van der Waals surface area contributed by atoms with Gasteiger partial charge in [-0.05, 0) is 36.2 Å². The molecule has 2 atom stereocenters. The first kappa shape index (κ1) is 19.9. The van der Waals surface area contributed by atoms with E-state index in [0.29, 0.717) is 10.1 Å². The molecule has 28 heavy (non-hydrogen) atoms. The van der Waals surface area contributed by atoms with Crippen LogP contribution in [0.25, 0.3) is 10.9 Å². The fourth-order valence-corrected chi connectivity index (χ4v) is 3.13. The molecule has 1 aromatic heterocycles. The molecule has 0 aliphatic heterocycles. The number of aliphatic hydroxyl groups is 1. The van der Waals surface area contributed by atoms with Crippen LogP contribution in [0.2, 0.25) is 5.02 Å². The summed E-state index contributed by atoms with van der Waals surface area (Å²) in [5.41, 5.74) is 1.83. The highest BCUT2D eigenvalue weighted by molar-refractivity contribution is 6.31. The summed E-state index contributed by atoms with van der Waals surface area (Å²) in [6.07, 6.45) is -1.41. The summed E-state index contributed by atoms with van der Waals surface area (Å²) < 4.78 is 0. The number of amides is 2. The van der Waals surface area contributed by atoms with Crippen LogP contribution < -0.4 is 5.32 Å². The van der Waals surface area contributed by atoms with Gasteiger partial charge in [-0.3, -0.25) is 14.8 Å². The van der Waals surface area contributed by atoms with Crippen molar-refractivity contribution in [1.82, 2.24) is 15.4 Å². The molecule has 0 bridgehead atoms. The second-order valence-corrected chi connectivity index (χ2v) is 6.93. The largest absolute Gasteiger partial charge is 0.381 e. The van der Waals surface area contributed by atoms with E-state index in [9.17, 15) is 19.9 Å². The minimum atomic E-state index is -1.61. The van der Waals surface area contributed by atoms with Crippen LogP contribution in [0.1, 0.15) is 16.1 Å². The van der Waals surface area contributed by atoms with E-state index in [-0.39, 0.29) is 12.1 Å². The number of H-pyrrole nitrogens is 1. The molecule has 2 amide bonds. The normalized spacial score (nSPS) is 13.1. The molecule has 7 nitrogen and oxygen atoms in total. The van der Waals surface area contributed by atoms with Gasteiger partial charge in [0.1, 0.15) is 5.69 Å². The molecule has 0 unspecified atom stereocenters. The third kappa shape index (κ3) is 4.51. The number of rotatable bonds is 6. The van der Waals surface area contributed by atoms with Gasteiger partial charge in [0, 0.05) is 23.0 Å². The van der Waals surface area contributed by atoms with Crippen LogP contribution in [-0.4, -0.2) is 51.4 Å². The number of halogens is 1. The Bertz CT molecular complexity index is 988. The Balaban J connectivity index is 1.84. The second kappa shape index (κ2) is 8.43. The van der Waals surface area contributed by atoms with Gasteiger partial charge in [0.25, 0.3) is 11.8 Å². The number of fused-ring (bicyclic) bond motifs is 1. The van der Waals surface area contributed by atoms with Crippen LogP contribution in [0.15, 0.2) is 54.6 Å². The lowest BCUT2D eigenvalue weighted by Crippen LogP contribution is -2.51. The number of nitrogens with zero attached hydrogens (tertiary/aromatic N) is 1. The fraction of sp³-hybridized carbons (Fsp3) is 0.200. The van der Waals surface area contributed by atoms with Crippen molar-refractivity contribution in [3.63, 3.8) is 0 Å². The highest BCUT2D eigenvalue weighted by atomic mass is 35.5. The van der Waals surface area contributed by atoms with Gasteiger partial charge in [0.05, 0.1) is 6.04 Å². The van der Waals surface area contributed by atoms with Crippen molar-refractivity contribution in [2.75, 3.05) is 7.05 Å². The van der Waals surface area contributed by atoms with Crippen molar-refractivity contribution >= 4 is 34.3 Å². The maximum atomic E-state index is 12.7. The minimum absolute atomic E-state index is 0.208. The molecule has 0 saturated carbocycles. The van der Waals surface area contributed by atoms with E-state index in [1.54, 1.807) is 24.3 Å². The first-order valence-electron chi connectivity index (χ1n) is 8.62. The van der Waals surface area contributed by atoms with Crippen LogP contribution in [-0.2, 0) is 11.2 Å². The molecule has 0 radical (unpaired) electrons. The lowest BCUT2D eigenvalue weighted by molar-refractivity contribution is -0.170. The van der Waals surface area contributed by atoms with Gasteiger partial charge >= 0.3 is 0 Å². The second-order valence-electron chi connectivity index (χ2n) is 6.49. The Morgan fingerprint density at radius 3 is 2.57 bits per heavy atom. The quantitative estimate of drug-likeness (QED) is 0.376. The number of benzene rings is 2. The minimum Gasteiger partial charge on any atom is -0.381 e. The molecule has 3 aromatic rings. The van der Waals surface area contributed by atoms with Gasteiger partial charge in [0.2, 0.25) is 0 Å².